The van der Waals surface area contributed by atoms with E-state index in [-0.39, 0.29) is 44.3 Å². The number of amides is 2. The Morgan fingerprint density at radius 2 is 1.73 bits per heavy atom. The lowest BCUT2D eigenvalue weighted by Crippen LogP contribution is -2.51. The Balaban J connectivity index is 1.51. The van der Waals surface area contributed by atoms with E-state index in [9.17, 15) is 40.3 Å². The fourth-order valence-electron chi connectivity index (χ4n) is 4.13. The van der Waals surface area contributed by atoms with E-state index in [1.54, 1.807) is 19.1 Å². The van der Waals surface area contributed by atoms with E-state index >= 15 is 0 Å². The number of carbonyl (C=O) groups is 2. The van der Waals surface area contributed by atoms with Crippen LogP contribution < -0.4 is 10.6 Å². The van der Waals surface area contributed by atoms with Crippen molar-refractivity contribution in [1.29, 1.82) is 0 Å². The summed E-state index contributed by atoms with van der Waals surface area (Å²) < 4.78 is 95.0. The third-order valence-electron chi connectivity index (χ3n) is 6.47. The molecule has 4 aromatic rings. The Bertz CT molecular complexity index is 1770. The van der Waals surface area contributed by atoms with Gasteiger partial charge in [0.15, 0.2) is 5.82 Å². The molecule has 3 heterocycles. The Morgan fingerprint density at radius 3 is 2.36 bits per heavy atom. The van der Waals surface area contributed by atoms with Gasteiger partial charge in [0.05, 0.1) is 22.0 Å². The number of hydrogen-bond donors (Lipinski definition) is 2. The van der Waals surface area contributed by atoms with Crippen LogP contribution in [0.3, 0.4) is 0 Å². The van der Waals surface area contributed by atoms with Crippen LogP contribution in [0.25, 0.3) is 5.82 Å². The van der Waals surface area contributed by atoms with Crippen LogP contribution in [0.4, 0.5) is 36.4 Å². The average molecular weight is 772 g/mol. The fourth-order valence-corrected chi connectivity index (χ4v) is 5.11. The summed E-state index contributed by atoms with van der Waals surface area (Å²) in [6.45, 7) is 0.929. The molecule has 2 N–H and O–H groups in total. The maximum atomic E-state index is 14.4. The molecule has 0 unspecified atom stereocenters. The Morgan fingerprint density at radius 1 is 1.04 bits per heavy atom. The zero-order chi connectivity index (χ0) is 32.9. The summed E-state index contributed by atoms with van der Waals surface area (Å²) in [6.07, 6.45) is -9.91. The van der Waals surface area contributed by atoms with E-state index in [4.69, 9.17) is 11.6 Å². The van der Waals surface area contributed by atoms with E-state index < -0.39 is 42.2 Å². The van der Waals surface area contributed by atoms with Gasteiger partial charge >= 0.3 is 18.0 Å². The van der Waals surface area contributed by atoms with Crippen molar-refractivity contribution >= 4 is 51.7 Å². The second-order valence-corrected chi connectivity index (χ2v) is 11.5. The van der Waals surface area contributed by atoms with Crippen LogP contribution in [0.15, 0.2) is 36.5 Å². The van der Waals surface area contributed by atoms with Crippen molar-refractivity contribution in [2.24, 2.45) is 0 Å². The third kappa shape index (κ3) is 6.44. The van der Waals surface area contributed by atoms with Gasteiger partial charge in [-0.2, -0.15) is 36.2 Å². The average Bonchev–Trinajstić information content (AvgIpc) is 3.46. The molecule has 3 aromatic heterocycles. The van der Waals surface area contributed by atoms with Crippen LogP contribution >= 0.6 is 34.2 Å². The number of nitrogens with one attached hydrogen (secondary N) is 2. The van der Waals surface area contributed by atoms with Gasteiger partial charge in [0.2, 0.25) is 5.82 Å². The zero-order valence-corrected chi connectivity index (χ0v) is 25.4. The molecular weight excluding hydrogens is 754 g/mol. The van der Waals surface area contributed by atoms with E-state index in [0.29, 0.717) is 5.56 Å². The second-order valence-electron chi connectivity index (χ2n) is 9.89. The van der Waals surface area contributed by atoms with Gasteiger partial charge < -0.3 is 10.6 Å². The van der Waals surface area contributed by atoms with Gasteiger partial charge in [0.25, 0.3) is 11.8 Å². The molecule has 2 amide bonds. The molecule has 5 rings (SSSR count). The van der Waals surface area contributed by atoms with Gasteiger partial charge in [0, 0.05) is 15.8 Å². The summed E-state index contributed by atoms with van der Waals surface area (Å²) in [5.41, 5.74) is -5.41. The van der Waals surface area contributed by atoms with Crippen molar-refractivity contribution in [3.05, 3.63) is 73.5 Å². The topological polar surface area (TPSA) is 133 Å². The molecule has 1 aromatic carbocycles. The smallest absolute Gasteiger partial charge is 0.349 e. The molecule has 1 fully saturated rings. The monoisotopic (exact) mass is 771 g/mol. The van der Waals surface area contributed by atoms with E-state index in [0.717, 1.165) is 27.2 Å². The largest absolute Gasteiger partial charge is 0.439 e. The standard InChI is InChI=1S/C25H18ClF7IN9O2/c1-11-7-12(34)8-15(20(44)36-13-4-5-13)18(11)37-21(45)17-9-14(39-43(17)19-16(26)3-2-6-35-19)10-42-40-22(38-41-42)23(27,24(28,29)30)25(31,32)33/h2-3,6-9,13H,4-5,10H2,1H3,(H,36,44)(H,37,45). The highest BCUT2D eigenvalue weighted by molar-refractivity contribution is 14.1. The summed E-state index contributed by atoms with van der Waals surface area (Å²) in [4.78, 5) is 31.0. The number of nitrogens with zero attached hydrogens (tertiary/aromatic N) is 7. The first kappa shape index (κ1) is 32.5. The Kier molecular flexibility index (Phi) is 8.53. The third-order valence-corrected chi connectivity index (χ3v) is 7.39. The van der Waals surface area contributed by atoms with Crippen molar-refractivity contribution < 1.29 is 40.3 Å². The number of aromatic nitrogens is 7. The SMILES string of the molecule is Cc1cc(I)cc(C(=O)NC2CC2)c1NC(=O)c1cc(Cn2nnc(C(F)(C(F)(F)F)C(F)(F)F)n2)nn1-c1ncccc1Cl. The predicted octanol–water partition coefficient (Wildman–Crippen LogP) is 5.30. The quantitative estimate of drug-likeness (QED) is 0.184. The minimum atomic E-state index is -6.44. The van der Waals surface area contributed by atoms with Crippen molar-refractivity contribution in [3.8, 4) is 5.82 Å². The van der Waals surface area contributed by atoms with Gasteiger partial charge in [0.1, 0.15) is 12.2 Å². The van der Waals surface area contributed by atoms with Crippen molar-refractivity contribution in [1.82, 2.24) is 40.3 Å². The number of pyridine rings is 1. The first-order valence-corrected chi connectivity index (χ1v) is 14.2. The number of rotatable bonds is 8. The Labute approximate surface area is 266 Å². The molecule has 0 spiro atoms. The molecule has 11 nitrogen and oxygen atoms in total. The molecule has 45 heavy (non-hydrogen) atoms. The summed E-state index contributed by atoms with van der Waals surface area (Å²) >= 11 is 8.29. The first-order valence-electron chi connectivity index (χ1n) is 12.7. The molecule has 20 heteroatoms. The molecule has 0 atom stereocenters. The number of tetrazole rings is 1. The fraction of sp³-hybridized carbons (Fsp3) is 0.320. The highest BCUT2D eigenvalue weighted by Gasteiger charge is 2.76. The van der Waals surface area contributed by atoms with E-state index in [1.807, 2.05) is 22.6 Å². The number of carbonyl (C=O) groups excluding carboxylic acids is 2. The predicted molar refractivity (Wildman–Crippen MR) is 151 cm³/mol. The maximum absolute atomic E-state index is 14.4. The number of benzene rings is 1. The van der Waals surface area contributed by atoms with Crippen LogP contribution in [0.1, 0.15) is 50.8 Å². The van der Waals surface area contributed by atoms with Crippen molar-refractivity contribution in [3.63, 3.8) is 0 Å². The summed E-state index contributed by atoms with van der Waals surface area (Å²) in [7, 11) is 0. The van der Waals surface area contributed by atoms with Gasteiger partial charge in [-0.3, -0.25) is 9.59 Å². The molecule has 1 aliphatic rings. The molecule has 0 radical (unpaired) electrons. The number of halogens is 9. The van der Waals surface area contributed by atoms with Gasteiger partial charge in [-0.15, -0.1) is 10.2 Å². The van der Waals surface area contributed by atoms with Crippen LogP contribution in [-0.2, 0) is 12.2 Å². The number of hydrogen-bond acceptors (Lipinski definition) is 7. The van der Waals surface area contributed by atoms with Crippen LogP contribution in [0.5, 0.6) is 0 Å². The molecule has 1 aliphatic carbocycles. The van der Waals surface area contributed by atoms with Crippen LogP contribution in [0, 0.1) is 10.5 Å². The lowest BCUT2D eigenvalue weighted by atomic mass is 10.1. The molecule has 0 bridgehead atoms. The lowest BCUT2D eigenvalue weighted by molar-refractivity contribution is -0.351. The second kappa shape index (κ2) is 11.8. The maximum Gasteiger partial charge on any atom is 0.439 e. The normalized spacial score (nSPS) is 14.0. The molecular formula is C25H18ClF7IN9O2. The molecule has 1 saturated carbocycles. The van der Waals surface area contributed by atoms with Crippen molar-refractivity contribution in [2.75, 3.05) is 5.32 Å². The van der Waals surface area contributed by atoms with Gasteiger partial charge in [-0.05, 0) is 83.5 Å². The highest BCUT2D eigenvalue weighted by atomic mass is 127. The number of alkyl halides is 7. The first-order chi connectivity index (χ1) is 21.0. The zero-order valence-electron chi connectivity index (χ0n) is 22.5. The van der Waals surface area contributed by atoms with Crippen molar-refractivity contribution in [2.45, 2.75) is 50.4 Å². The summed E-state index contributed by atoms with van der Waals surface area (Å²) in [5.74, 6) is -3.58. The summed E-state index contributed by atoms with van der Waals surface area (Å²) in [5, 5.41) is 18.5. The van der Waals surface area contributed by atoms with Crippen LogP contribution in [-0.4, -0.2) is 65.2 Å². The summed E-state index contributed by atoms with van der Waals surface area (Å²) in [6, 6.07) is 7.36. The minimum Gasteiger partial charge on any atom is -0.349 e. The highest BCUT2D eigenvalue weighted by Crippen LogP contribution is 2.51. The van der Waals surface area contributed by atoms with Gasteiger partial charge in [-0.1, -0.05) is 11.6 Å². The lowest BCUT2D eigenvalue weighted by Gasteiger charge is -2.26. The molecule has 0 saturated heterocycles. The van der Waals surface area contributed by atoms with Gasteiger partial charge in [-0.25, -0.2) is 14.1 Å². The van der Waals surface area contributed by atoms with E-state index in [1.165, 1.54) is 18.3 Å². The molecule has 238 valence electrons. The number of aryl methyl sites for hydroxylation is 1. The van der Waals surface area contributed by atoms with E-state index in [2.05, 4.69) is 36.1 Å². The molecule has 0 aliphatic heterocycles. The minimum absolute atomic E-state index is 0.0230. The number of anilines is 1. The van der Waals surface area contributed by atoms with Crippen LogP contribution in [0.2, 0.25) is 5.02 Å². The Hall–Kier alpha value is -3.88.